The monoisotopic (exact) mass is 244 g/mol. The molecule has 0 aliphatic carbocycles. The average molecular weight is 244 g/mol. The topological polar surface area (TPSA) is 61.8 Å². The second-order valence-electron chi connectivity index (χ2n) is 4.92. The summed E-state index contributed by atoms with van der Waals surface area (Å²) in [5.74, 6) is 0.493. The third kappa shape index (κ3) is 4.91. The fourth-order valence-electron chi connectivity index (χ4n) is 2.12. The van der Waals surface area contributed by atoms with E-state index in [1.807, 2.05) is 6.92 Å². The van der Waals surface area contributed by atoms with Gasteiger partial charge >= 0.3 is 6.03 Å². The van der Waals surface area contributed by atoms with E-state index in [9.17, 15) is 9.90 Å². The maximum atomic E-state index is 11.8. The lowest BCUT2D eigenvalue weighted by Crippen LogP contribution is -2.47. The fourth-order valence-corrected chi connectivity index (χ4v) is 2.12. The van der Waals surface area contributed by atoms with Crippen LogP contribution in [0, 0.1) is 5.92 Å². The summed E-state index contributed by atoms with van der Waals surface area (Å²) in [4.78, 5) is 13.3. The molecule has 100 valence electrons. The minimum absolute atomic E-state index is 0.120. The van der Waals surface area contributed by atoms with Crippen LogP contribution in [0.25, 0.3) is 0 Å². The molecule has 2 unspecified atom stereocenters. The summed E-state index contributed by atoms with van der Waals surface area (Å²) in [6.07, 6.45) is 1.51. The van der Waals surface area contributed by atoms with Gasteiger partial charge in [-0.15, -0.1) is 0 Å². The molecule has 0 saturated carbocycles. The van der Waals surface area contributed by atoms with E-state index in [4.69, 9.17) is 4.74 Å². The van der Waals surface area contributed by atoms with Crippen molar-refractivity contribution in [3.63, 3.8) is 0 Å². The summed E-state index contributed by atoms with van der Waals surface area (Å²) in [6.45, 7) is 5.63. The van der Waals surface area contributed by atoms with Gasteiger partial charge in [-0.05, 0) is 32.6 Å². The van der Waals surface area contributed by atoms with Gasteiger partial charge in [0.05, 0.1) is 6.10 Å². The Bertz CT molecular complexity index is 240. The number of hydrogen-bond acceptors (Lipinski definition) is 3. The van der Waals surface area contributed by atoms with Crippen LogP contribution in [0.1, 0.15) is 26.7 Å². The zero-order valence-electron chi connectivity index (χ0n) is 11.0. The quantitative estimate of drug-likeness (QED) is 0.770. The number of nitrogens with zero attached hydrogens (tertiary/aromatic N) is 1. The maximum absolute atomic E-state index is 11.8. The summed E-state index contributed by atoms with van der Waals surface area (Å²) >= 11 is 0. The van der Waals surface area contributed by atoms with Crippen LogP contribution < -0.4 is 5.32 Å². The summed E-state index contributed by atoms with van der Waals surface area (Å²) in [6, 6.07) is 0.0349. The number of carbonyl (C=O) groups excluding carboxylic acids is 1. The molecule has 2 N–H and O–H groups in total. The van der Waals surface area contributed by atoms with Crippen molar-refractivity contribution in [1.82, 2.24) is 10.2 Å². The van der Waals surface area contributed by atoms with E-state index >= 15 is 0 Å². The van der Waals surface area contributed by atoms with E-state index in [1.54, 1.807) is 14.0 Å². The second kappa shape index (κ2) is 6.81. The molecule has 0 aromatic rings. The highest BCUT2D eigenvalue weighted by atomic mass is 16.5. The Hall–Kier alpha value is -0.810. The predicted molar refractivity (Wildman–Crippen MR) is 65.8 cm³/mol. The van der Waals surface area contributed by atoms with Crippen LogP contribution in [0.5, 0.6) is 0 Å². The SMILES string of the molecule is CC(O)CN(C)C(=O)NC(C)C1CCOCC1. The van der Waals surface area contributed by atoms with Crippen LogP contribution in [0.2, 0.25) is 0 Å². The molecule has 1 rings (SSSR count). The smallest absolute Gasteiger partial charge is 0.317 e. The molecule has 0 spiro atoms. The largest absolute Gasteiger partial charge is 0.392 e. The summed E-state index contributed by atoms with van der Waals surface area (Å²) in [5.41, 5.74) is 0. The average Bonchev–Trinajstić information content (AvgIpc) is 2.29. The first kappa shape index (κ1) is 14.3. The van der Waals surface area contributed by atoms with Gasteiger partial charge in [-0.2, -0.15) is 0 Å². The number of likely N-dealkylation sites (N-methyl/N-ethyl adjacent to an activating group) is 1. The van der Waals surface area contributed by atoms with Gasteiger partial charge in [0.1, 0.15) is 0 Å². The molecule has 0 aromatic carbocycles. The van der Waals surface area contributed by atoms with Gasteiger partial charge in [0, 0.05) is 32.8 Å². The number of aliphatic hydroxyl groups excluding tert-OH is 1. The Kier molecular flexibility index (Phi) is 5.71. The number of aliphatic hydroxyl groups is 1. The minimum Gasteiger partial charge on any atom is -0.392 e. The Balaban J connectivity index is 2.33. The highest BCUT2D eigenvalue weighted by Gasteiger charge is 2.23. The fraction of sp³-hybridized carbons (Fsp3) is 0.917. The van der Waals surface area contributed by atoms with E-state index in [-0.39, 0.29) is 12.1 Å². The van der Waals surface area contributed by atoms with E-state index in [2.05, 4.69) is 5.32 Å². The van der Waals surface area contributed by atoms with E-state index in [0.29, 0.717) is 12.5 Å². The predicted octanol–water partition coefficient (Wildman–Crippen LogP) is 0.824. The molecule has 1 heterocycles. The maximum Gasteiger partial charge on any atom is 0.317 e. The van der Waals surface area contributed by atoms with Gasteiger partial charge in [-0.25, -0.2) is 4.79 Å². The molecule has 5 heteroatoms. The molecule has 0 radical (unpaired) electrons. The highest BCUT2D eigenvalue weighted by molar-refractivity contribution is 5.74. The highest BCUT2D eigenvalue weighted by Crippen LogP contribution is 2.18. The molecule has 5 nitrogen and oxygen atoms in total. The van der Waals surface area contributed by atoms with Crippen LogP contribution in [0.15, 0.2) is 0 Å². The van der Waals surface area contributed by atoms with Crippen LogP contribution in [0.4, 0.5) is 4.79 Å². The Morgan fingerprint density at radius 3 is 2.59 bits per heavy atom. The van der Waals surface area contributed by atoms with Crippen LogP contribution in [-0.4, -0.2) is 55.0 Å². The molecule has 0 bridgehead atoms. The number of nitrogens with one attached hydrogen (secondary N) is 1. The Morgan fingerprint density at radius 1 is 1.47 bits per heavy atom. The van der Waals surface area contributed by atoms with Crippen molar-refractivity contribution in [2.75, 3.05) is 26.8 Å². The first-order valence-electron chi connectivity index (χ1n) is 6.28. The number of carbonyl (C=O) groups is 1. The Labute approximate surface area is 103 Å². The van der Waals surface area contributed by atoms with E-state index in [0.717, 1.165) is 26.1 Å². The molecule has 0 aromatic heterocycles. The van der Waals surface area contributed by atoms with Crippen LogP contribution >= 0.6 is 0 Å². The molecule has 1 aliphatic rings. The van der Waals surface area contributed by atoms with Crippen LogP contribution in [0.3, 0.4) is 0 Å². The summed E-state index contributed by atoms with van der Waals surface area (Å²) < 4.78 is 5.30. The zero-order valence-corrected chi connectivity index (χ0v) is 11.0. The first-order chi connectivity index (χ1) is 8.00. The lowest BCUT2D eigenvalue weighted by atomic mass is 9.93. The molecule has 1 saturated heterocycles. The number of urea groups is 1. The molecular weight excluding hydrogens is 220 g/mol. The van der Waals surface area contributed by atoms with Crippen molar-refractivity contribution < 1.29 is 14.6 Å². The van der Waals surface area contributed by atoms with Crippen molar-refractivity contribution in [3.05, 3.63) is 0 Å². The van der Waals surface area contributed by atoms with Gasteiger partial charge in [0.25, 0.3) is 0 Å². The van der Waals surface area contributed by atoms with Crippen molar-refractivity contribution in [2.45, 2.75) is 38.8 Å². The second-order valence-corrected chi connectivity index (χ2v) is 4.92. The van der Waals surface area contributed by atoms with Gasteiger partial charge < -0.3 is 20.1 Å². The van der Waals surface area contributed by atoms with Gasteiger partial charge in [0.15, 0.2) is 0 Å². The normalized spacial score (nSPS) is 20.7. The van der Waals surface area contributed by atoms with Gasteiger partial charge in [-0.1, -0.05) is 0 Å². The minimum atomic E-state index is -0.496. The number of amides is 2. The number of rotatable bonds is 4. The van der Waals surface area contributed by atoms with Gasteiger partial charge in [-0.3, -0.25) is 0 Å². The van der Waals surface area contributed by atoms with Crippen molar-refractivity contribution >= 4 is 6.03 Å². The van der Waals surface area contributed by atoms with Crippen molar-refractivity contribution in [3.8, 4) is 0 Å². The first-order valence-corrected chi connectivity index (χ1v) is 6.28. The van der Waals surface area contributed by atoms with Gasteiger partial charge in [0.2, 0.25) is 0 Å². The lowest BCUT2D eigenvalue weighted by molar-refractivity contribution is 0.0560. The molecule has 2 atom stereocenters. The van der Waals surface area contributed by atoms with E-state index < -0.39 is 6.10 Å². The van der Waals surface area contributed by atoms with Crippen LogP contribution in [-0.2, 0) is 4.74 Å². The molecule has 1 aliphatic heterocycles. The Morgan fingerprint density at radius 2 is 2.06 bits per heavy atom. The van der Waals surface area contributed by atoms with Crippen molar-refractivity contribution in [2.24, 2.45) is 5.92 Å². The third-order valence-electron chi connectivity index (χ3n) is 3.21. The van der Waals surface area contributed by atoms with Crippen molar-refractivity contribution in [1.29, 1.82) is 0 Å². The summed E-state index contributed by atoms with van der Waals surface area (Å²) in [5, 5.41) is 12.2. The molecule has 1 fully saturated rings. The molecular formula is C12H24N2O3. The van der Waals surface area contributed by atoms with E-state index in [1.165, 1.54) is 4.90 Å². The summed E-state index contributed by atoms with van der Waals surface area (Å²) in [7, 11) is 1.69. The third-order valence-corrected chi connectivity index (χ3v) is 3.21. The standard InChI is InChI=1S/C12H24N2O3/c1-9(15)8-14(3)12(16)13-10(2)11-4-6-17-7-5-11/h9-11,15H,4-8H2,1-3H3,(H,13,16). The number of ether oxygens (including phenoxy) is 1. The zero-order chi connectivity index (χ0) is 12.8. The number of hydrogen-bond donors (Lipinski definition) is 2. The lowest BCUT2D eigenvalue weighted by Gasteiger charge is -2.30. The molecule has 17 heavy (non-hydrogen) atoms. The molecule has 2 amide bonds.